The molecule has 2 heteroatoms. The van der Waals surface area contributed by atoms with Crippen molar-refractivity contribution in [3.8, 4) is 0 Å². The normalized spacial score (nSPS) is 11.9. The quantitative estimate of drug-likeness (QED) is 0.673. The number of rotatable bonds is 5. The highest BCUT2D eigenvalue weighted by atomic mass is 16.3. The first-order valence-electron chi connectivity index (χ1n) is 4.92. The molecule has 0 aliphatic rings. The van der Waals surface area contributed by atoms with E-state index in [1.165, 1.54) is 5.56 Å². The van der Waals surface area contributed by atoms with Gasteiger partial charge in [-0.1, -0.05) is 6.42 Å². The summed E-state index contributed by atoms with van der Waals surface area (Å²) in [5.74, 6) is 0. The number of aliphatic hydroxyl groups is 1. The Balaban J connectivity index is 2.09. The highest BCUT2D eigenvalue weighted by Gasteiger charge is 2.10. The molecule has 0 amide bonds. The van der Waals surface area contributed by atoms with Gasteiger partial charge in [-0.15, -0.1) is 0 Å². The maximum Gasteiger partial charge on any atom is 0.0591 e. The van der Waals surface area contributed by atoms with Crippen molar-refractivity contribution in [3.05, 3.63) is 24.0 Å². The summed E-state index contributed by atoms with van der Waals surface area (Å²) in [5, 5.41) is 9.47. The fourth-order valence-corrected chi connectivity index (χ4v) is 1.40. The van der Waals surface area contributed by atoms with Crippen LogP contribution < -0.4 is 0 Å². The second kappa shape index (κ2) is 4.47. The van der Waals surface area contributed by atoms with Crippen LogP contribution in [-0.2, 0) is 6.42 Å². The summed E-state index contributed by atoms with van der Waals surface area (Å²) in [6.45, 7) is 3.73. The Morgan fingerprint density at radius 2 is 2.15 bits per heavy atom. The molecule has 0 aliphatic carbocycles. The Morgan fingerprint density at radius 1 is 1.38 bits per heavy atom. The van der Waals surface area contributed by atoms with Crippen LogP contribution in [0.2, 0.25) is 0 Å². The van der Waals surface area contributed by atoms with Crippen molar-refractivity contribution in [2.45, 2.75) is 45.1 Å². The first kappa shape index (κ1) is 10.3. The Labute approximate surface area is 80.0 Å². The summed E-state index contributed by atoms with van der Waals surface area (Å²) >= 11 is 0. The molecule has 0 radical (unpaired) electrons. The number of aromatic amines is 1. The van der Waals surface area contributed by atoms with E-state index < -0.39 is 5.60 Å². The Hall–Kier alpha value is -0.760. The number of hydrogen-bond donors (Lipinski definition) is 2. The molecule has 13 heavy (non-hydrogen) atoms. The summed E-state index contributed by atoms with van der Waals surface area (Å²) in [6.07, 6.45) is 8.23. The maximum absolute atomic E-state index is 9.47. The molecule has 2 nitrogen and oxygen atoms in total. The van der Waals surface area contributed by atoms with Crippen molar-refractivity contribution >= 4 is 0 Å². The highest BCUT2D eigenvalue weighted by Crippen LogP contribution is 2.13. The topological polar surface area (TPSA) is 36.0 Å². The van der Waals surface area contributed by atoms with Crippen LogP contribution in [0.3, 0.4) is 0 Å². The van der Waals surface area contributed by atoms with Gasteiger partial charge in [0.25, 0.3) is 0 Å². The molecule has 0 atom stereocenters. The van der Waals surface area contributed by atoms with Gasteiger partial charge < -0.3 is 10.1 Å². The fraction of sp³-hybridized carbons (Fsp3) is 0.636. The molecule has 0 fully saturated rings. The Morgan fingerprint density at radius 3 is 2.69 bits per heavy atom. The second-order valence-corrected chi connectivity index (χ2v) is 4.24. The summed E-state index contributed by atoms with van der Waals surface area (Å²) in [6, 6.07) is 2.10. The predicted molar refractivity (Wildman–Crippen MR) is 54.6 cm³/mol. The van der Waals surface area contributed by atoms with E-state index in [0.29, 0.717) is 0 Å². The molecule has 0 saturated heterocycles. The molecule has 0 bridgehead atoms. The molecule has 0 saturated carbocycles. The smallest absolute Gasteiger partial charge is 0.0591 e. The van der Waals surface area contributed by atoms with Gasteiger partial charge in [0.05, 0.1) is 5.60 Å². The number of hydrogen-bond acceptors (Lipinski definition) is 1. The maximum atomic E-state index is 9.47. The van der Waals surface area contributed by atoms with E-state index in [2.05, 4.69) is 11.1 Å². The zero-order chi connectivity index (χ0) is 9.73. The third kappa shape index (κ3) is 4.73. The van der Waals surface area contributed by atoms with Gasteiger partial charge in [-0.2, -0.15) is 0 Å². The number of aryl methyl sites for hydroxylation is 1. The monoisotopic (exact) mass is 181 g/mol. The lowest BCUT2D eigenvalue weighted by Gasteiger charge is -2.16. The van der Waals surface area contributed by atoms with Gasteiger partial charge in [-0.3, -0.25) is 0 Å². The molecular formula is C11H19NO. The number of unbranched alkanes of at least 4 members (excludes halogenated alkanes) is 1. The fourth-order valence-electron chi connectivity index (χ4n) is 1.40. The number of H-pyrrole nitrogens is 1. The standard InChI is InChI=1S/C11H19NO/c1-11(2,13)7-4-3-5-10-6-8-12-9-10/h6,8-9,12-13H,3-5,7H2,1-2H3. The zero-order valence-electron chi connectivity index (χ0n) is 8.51. The van der Waals surface area contributed by atoms with Crippen molar-refractivity contribution in [3.63, 3.8) is 0 Å². The summed E-state index contributed by atoms with van der Waals surface area (Å²) in [7, 11) is 0. The lowest BCUT2D eigenvalue weighted by Crippen LogP contribution is -2.17. The minimum absolute atomic E-state index is 0.502. The van der Waals surface area contributed by atoms with E-state index in [-0.39, 0.29) is 0 Å². The third-order valence-electron chi connectivity index (χ3n) is 2.17. The van der Waals surface area contributed by atoms with Crippen molar-refractivity contribution in [2.75, 3.05) is 0 Å². The van der Waals surface area contributed by atoms with Gasteiger partial charge in [-0.25, -0.2) is 0 Å². The third-order valence-corrected chi connectivity index (χ3v) is 2.17. The average molecular weight is 181 g/mol. The molecule has 0 spiro atoms. The van der Waals surface area contributed by atoms with Gasteiger partial charge in [0.1, 0.15) is 0 Å². The average Bonchev–Trinajstić information content (AvgIpc) is 2.48. The minimum atomic E-state index is -0.502. The molecule has 1 aromatic rings. The van der Waals surface area contributed by atoms with Crippen molar-refractivity contribution in [1.82, 2.24) is 4.98 Å². The van der Waals surface area contributed by atoms with Crippen molar-refractivity contribution in [1.29, 1.82) is 0 Å². The molecule has 2 N–H and O–H groups in total. The molecule has 0 aromatic carbocycles. The first-order valence-corrected chi connectivity index (χ1v) is 4.92. The van der Waals surface area contributed by atoms with Gasteiger partial charge in [0.15, 0.2) is 0 Å². The van der Waals surface area contributed by atoms with Crippen molar-refractivity contribution < 1.29 is 5.11 Å². The van der Waals surface area contributed by atoms with E-state index in [0.717, 1.165) is 25.7 Å². The summed E-state index contributed by atoms with van der Waals surface area (Å²) < 4.78 is 0. The van der Waals surface area contributed by atoms with E-state index in [1.54, 1.807) is 0 Å². The second-order valence-electron chi connectivity index (χ2n) is 4.24. The summed E-state index contributed by atoms with van der Waals surface area (Å²) in [4.78, 5) is 3.04. The van der Waals surface area contributed by atoms with E-state index >= 15 is 0 Å². The van der Waals surface area contributed by atoms with Crippen LogP contribution in [0.25, 0.3) is 0 Å². The van der Waals surface area contributed by atoms with Crippen LogP contribution in [0.5, 0.6) is 0 Å². The van der Waals surface area contributed by atoms with E-state index in [4.69, 9.17) is 0 Å². The van der Waals surface area contributed by atoms with Crippen LogP contribution >= 0.6 is 0 Å². The van der Waals surface area contributed by atoms with Gasteiger partial charge in [-0.05, 0) is 44.7 Å². The number of aromatic nitrogens is 1. The molecule has 1 heterocycles. The van der Waals surface area contributed by atoms with Crippen LogP contribution in [0, 0.1) is 0 Å². The SMILES string of the molecule is CC(C)(O)CCCCc1cc[nH]c1. The first-order chi connectivity index (χ1) is 6.08. The molecule has 1 rings (SSSR count). The lowest BCUT2D eigenvalue weighted by molar-refractivity contribution is 0.0682. The molecule has 74 valence electrons. The molecule has 1 aromatic heterocycles. The molecule has 0 unspecified atom stereocenters. The van der Waals surface area contributed by atoms with Crippen LogP contribution in [-0.4, -0.2) is 15.7 Å². The van der Waals surface area contributed by atoms with Crippen LogP contribution in [0.1, 0.15) is 38.7 Å². The predicted octanol–water partition coefficient (Wildman–Crippen LogP) is 2.50. The number of nitrogens with one attached hydrogen (secondary N) is 1. The zero-order valence-corrected chi connectivity index (χ0v) is 8.51. The van der Waals surface area contributed by atoms with Crippen LogP contribution in [0.15, 0.2) is 18.5 Å². The Bertz CT molecular complexity index is 221. The van der Waals surface area contributed by atoms with E-state index in [9.17, 15) is 5.11 Å². The summed E-state index contributed by atoms with van der Waals surface area (Å²) in [5.41, 5.74) is 0.855. The molecular weight excluding hydrogens is 162 g/mol. The van der Waals surface area contributed by atoms with Crippen molar-refractivity contribution in [2.24, 2.45) is 0 Å². The van der Waals surface area contributed by atoms with Gasteiger partial charge in [0.2, 0.25) is 0 Å². The highest BCUT2D eigenvalue weighted by molar-refractivity contribution is 5.07. The van der Waals surface area contributed by atoms with Gasteiger partial charge in [0, 0.05) is 12.4 Å². The Kier molecular flexibility index (Phi) is 3.55. The minimum Gasteiger partial charge on any atom is -0.390 e. The lowest BCUT2D eigenvalue weighted by atomic mass is 10.00. The van der Waals surface area contributed by atoms with E-state index in [1.807, 2.05) is 26.2 Å². The largest absolute Gasteiger partial charge is 0.390 e. The van der Waals surface area contributed by atoms with Crippen LogP contribution in [0.4, 0.5) is 0 Å². The van der Waals surface area contributed by atoms with Gasteiger partial charge >= 0.3 is 0 Å². The molecule has 0 aliphatic heterocycles.